The third-order valence-corrected chi connectivity index (χ3v) is 3.26. The Morgan fingerprint density at radius 2 is 1.90 bits per heavy atom. The average molecular weight is 285 g/mol. The first-order valence-electron chi connectivity index (χ1n) is 6.35. The van der Waals surface area contributed by atoms with Crippen LogP contribution in [0.25, 0.3) is 11.4 Å². The van der Waals surface area contributed by atoms with Crippen molar-refractivity contribution < 1.29 is 4.52 Å². The predicted octanol–water partition coefficient (Wildman–Crippen LogP) is 4.29. The zero-order valence-corrected chi connectivity index (χ0v) is 11.8. The quantitative estimate of drug-likeness (QED) is 0.720. The lowest BCUT2D eigenvalue weighted by atomic mass is 10.1. The van der Waals surface area contributed by atoms with Crippen LogP contribution in [0.3, 0.4) is 0 Å². The summed E-state index contributed by atoms with van der Waals surface area (Å²) < 4.78 is 5.29. The summed E-state index contributed by atoms with van der Waals surface area (Å²) in [5.41, 5.74) is 3.21. The van der Waals surface area contributed by atoms with E-state index in [9.17, 15) is 0 Å². The molecule has 0 saturated carbocycles. The van der Waals surface area contributed by atoms with Gasteiger partial charge in [0.25, 0.3) is 0 Å². The van der Waals surface area contributed by atoms with Gasteiger partial charge in [-0.3, -0.25) is 0 Å². The van der Waals surface area contributed by atoms with Gasteiger partial charge in [-0.15, -0.1) is 0 Å². The number of hydrogen-bond donors (Lipinski definition) is 0. The van der Waals surface area contributed by atoms with Gasteiger partial charge in [-0.2, -0.15) is 4.98 Å². The van der Waals surface area contributed by atoms with Crippen LogP contribution in [0.15, 0.2) is 53.1 Å². The number of nitrogens with zero attached hydrogens (tertiary/aromatic N) is 2. The van der Waals surface area contributed by atoms with Crippen molar-refractivity contribution in [2.75, 3.05) is 0 Å². The van der Waals surface area contributed by atoms with E-state index in [1.807, 2.05) is 55.5 Å². The molecule has 0 amide bonds. The molecule has 0 saturated heterocycles. The lowest BCUT2D eigenvalue weighted by Crippen LogP contribution is -1.88. The topological polar surface area (TPSA) is 38.9 Å². The molecule has 3 aromatic rings. The molecule has 2 aromatic carbocycles. The fraction of sp³-hybridized carbons (Fsp3) is 0.125. The van der Waals surface area contributed by atoms with Crippen molar-refractivity contribution in [2.24, 2.45) is 0 Å². The van der Waals surface area contributed by atoms with Crippen molar-refractivity contribution in [2.45, 2.75) is 13.3 Å². The molecule has 0 spiro atoms. The molecule has 0 bridgehead atoms. The van der Waals surface area contributed by atoms with Crippen LogP contribution in [-0.2, 0) is 6.42 Å². The second-order valence-corrected chi connectivity index (χ2v) is 5.12. The maximum atomic E-state index is 5.96. The van der Waals surface area contributed by atoms with Crippen LogP contribution in [-0.4, -0.2) is 10.1 Å². The van der Waals surface area contributed by atoms with Crippen molar-refractivity contribution in [3.05, 3.63) is 70.6 Å². The molecule has 0 aliphatic carbocycles. The average Bonchev–Trinajstić information content (AvgIpc) is 2.88. The largest absolute Gasteiger partial charge is 0.339 e. The molecule has 0 aliphatic heterocycles. The number of halogens is 1. The molecule has 4 heteroatoms. The molecular formula is C16H13ClN2O. The van der Waals surface area contributed by atoms with Gasteiger partial charge < -0.3 is 4.52 Å². The van der Waals surface area contributed by atoms with Gasteiger partial charge in [-0.25, -0.2) is 0 Å². The van der Waals surface area contributed by atoms with Gasteiger partial charge in [-0.05, 0) is 24.6 Å². The molecule has 0 fully saturated rings. The molecule has 0 radical (unpaired) electrons. The number of benzene rings is 2. The van der Waals surface area contributed by atoms with Gasteiger partial charge in [0.15, 0.2) is 0 Å². The third kappa shape index (κ3) is 2.89. The van der Waals surface area contributed by atoms with Crippen molar-refractivity contribution in [1.82, 2.24) is 10.1 Å². The Bertz CT molecular complexity index is 719. The number of hydrogen-bond acceptors (Lipinski definition) is 3. The summed E-state index contributed by atoms with van der Waals surface area (Å²) >= 11 is 5.96. The maximum absolute atomic E-state index is 5.96. The molecule has 0 unspecified atom stereocenters. The third-order valence-electron chi connectivity index (χ3n) is 3.02. The molecule has 1 heterocycles. The second kappa shape index (κ2) is 5.47. The summed E-state index contributed by atoms with van der Waals surface area (Å²) in [6, 6.07) is 15.7. The van der Waals surface area contributed by atoms with E-state index in [1.165, 1.54) is 5.56 Å². The highest BCUT2D eigenvalue weighted by Crippen LogP contribution is 2.18. The van der Waals surface area contributed by atoms with E-state index in [4.69, 9.17) is 16.1 Å². The molecular weight excluding hydrogens is 272 g/mol. The van der Waals surface area contributed by atoms with E-state index in [0.717, 1.165) is 11.1 Å². The molecule has 3 nitrogen and oxygen atoms in total. The summed E-state index contributed by atoms with van der Waals surface area (Å²) in [6.07, 6.45) is 0.583. The van der Waals surface area contributed by atoms with Crippen molar-refractivity contribution >= 4 is 11.6 Å². The van der Waals surface area contributed by atoms with Crippen LogP contribution in [0, 0.1) is 6.92 Å². The highest BCUT2D eigenvalue weighted by Gasteiger charge is 2.09. The molecule has 0 atom stereocenters. The Balaban J connectivity index is 1.82. The summed E-state index contributed by atoms with van der Waals surface area (Å²) in [5, 5.41) is 4.72. The monoisotopic (exact) mass is 284 g/mol. The first-order valence-corrected chi connectivity index (χ1v) is 6.72. The normalized spacial score (nSPS) is 10.7. The number of rotatable bonds is 3. The standard InChI is InChI=1S/C16H13ClN2O/c1-11-5-7-13(8-6-11)16-18-15(20-19-16)10-12-3-2-4-14(17)9-12/h2-9H,10H2,1H3. The number of aromatic nitrogens is 2. The second-order valence-electron chi connectivity index (χ2n) is 4.68. The Labute approximate surface area is 122 Å². The minimum atomic E-state index is 0.583. The Morgan fingerprint density at radius 3 is 2.65 bits per heavy atom. The van der Waals surface area contributed by atoms with E-state index in [-0.39, 0.29) is 0 Å². The lowest BCUT2D eigenvalue weighted by Gasteiger charge is -1.97. The molecule has 3 rings (SSSR count). The van der Waals surface area contributed by atoms with Crippen molar-refractivity contribution in [3.8, 4) is 11.4 Å². The molecule has 20 heavy (non-hydrogen) atoms. The summed E-state index contributed by atoms with van der Waals surface area (Å²) in [7, 11) is 0. The SMILES string of the molecule is Cc1ccc(-c2noc(Cc3cccc(Cl)c3)n2)cc1. The maximum Gasteiger partial charge on any atom is 0.231 e. The van der Waals surface area contributed by atoms with E-state index >= 15 is 0 Å². The first kappa shape index (κ1) is 12.9. The van der Waals surface area contributed by atoms with Crippen LogP contribution in [0.1, 0.15) is 17.0 Å². The Kier molecular flexibility index (Phi) is 3.52. The lowest BCUT2D eigenvalue weighted by molar-refractivity contribution is 0.385. The van der Waals surface area contributed by atoms with Gasteiger partial charge in [0.05, 0.1) is 6.42 Å². The van der Waals surface area contributed by atoms with Crippen LogP contribution >= 0.6 is 11.6 Å². The van der Waals surface area contributed by atoms with Crippen molar-refractivity contribution in [1.29, 1.82) is 0 Å². The molecule has 100 valence electrons. The van der Waals surface area contributed by atoms with Gasteiger partial charge in [-0.1, -0.05) is 58.7 Å². The zero-order valence-electron chi connectivity index (χ0n) is 11.0. The first-order chi connectivity index (χ1) is 9.70. The van der Waals surface area contributed by atoms with Gasteiger partial charge in [0.1, 0.15) is 0 Å². The molecule has 0 aliphatic rings. The van der Waals surface area contributed by atoms with E-state index in [1.54, 1.807) is 0 Å². The fourth-order valence-electron chi connectivity index (χ4n) is 1.97. The minimum Gasteiger partial charge on any atom is -0.339 e. The van der Waals surface area contributed by atoms with E-state index in [0.29, 0.717) is 23.2 Å². The van der Waals surface area contributed by atoms with Crippen LogP contribution in [0.4, 0.5) is 0 Å². The number of aryl methyl sites for hydroxylation is 1. The van der Waals surface area contributed by atoms with Crippen LogP contribution in [0.5, 0.6) is 0 Å². The summed E-state index contributed by atoms with van der Waals surface area (Å²) in [6.45, 7) is 2.05. The predicted molar refractivity (Wildman–Crippen MR) is 78.7 cm³/mol. The van der Waals surface area contributed by atoms with E-state index < -0.39 is 0 Å². The minimum absolute atomic E-state index is 0.583. The Hall–Kier alpha value is -2.13. The fourth-order valence-corrected chi connectivity index (χ4v) is 2.18. The van der Waals surface area contributed by atoms with Gasteiger partial charge >= 0.3 is 0 Å². The smallest absolute Gasteiger partial charge is 0.231 e. The van der Waals surface area contributed by atoms with Gasteiger partial charge in [0.2, 0.25) is 11.7 Å². The zero-order chi connectivity index (χ0) is 13.9. The summed E-state index contributed by atoms with van der Waals surface area (Å²) in [5.74, 6) is 1.20. The summed E-state index contributed by atoms with van der Waals surface area (Å²) in [4.78, 5) is 4.41. The molecule has 1 aromatic heterocycles. The highest BCUT2D eigenvalue weighted by atomic mass is 35.5. The van der Waals surface area contributed by atoms with Crippen LogP contribution in [0.2, 0.25) is 5.02 Å². The van der Waals surface area contributed by atoms with Crippen molar-refractivity contribution in [3.63, 3.8) is 0 Å². The van der Waals surface area contributed by atoms with Crippen LogP contribution < -0.4 is 0 Å². The highest BCUT2D eigenvalue weighted by molar-refractivity contribution is 6.30. The molecule has 0 N–H and O–H groups in total. The van der Waals surface area contributed by atoms with Gasteiger partial charge in [0, 0.05) is 10.6 Å². The Morgan fingerprint density at radius 1 is 1.10 bits per heavy atom. The van der Waals surface area contributed by atoms with E-state index in [2.05, 4.69) is 10.1 Å².